The van der Waals surface area contributed by atoms with Crippen LogP contribution < -0.4 is 0 Å². The Morgan fingerprint density at radius 2 is 1.65 bits per heavy atom. The molecule has 0 amide bonds. The Labute approximate surface area is 104 Å². The van der Waals surface area contributed by atoms with Gasteiger partial charge in [-0.25, -0.2) is 0 Å². The molecule has 1 aromatic rings. The minimum Gasteiger partial charge on any atom is -0.481 e. The Morgan fingerprint density at radius 1 is 1.12 bits per heavy atom. The fourth-order valence-electron chi connectivity index (χ4n) is 1.94. The Balaban J connectivity index is 2.51. The zero-order valence-corrected chi connectivity index (χ0v) is 10.9. The summed E-state index contributed by atoms with van der Waals surface area (Å²) in [6, 6.07) is 8.68. The lowest BCUT2D eigenvalue weighted by Gasteiger charge is -2.13. The van der Waals surface area contributed by atoms with Crippen LogP contribution in [0.25, 0.3) is 0 Å². The van der Waals surface area contributed by atoms with Crippen LogP contribution in [0.3, 0.4) is 0 Å². The van der Waals surface area contributed by atoms with Gasteiger partial charge in [0.25, 0.3) is 0 Å². The quantitative estimate of drug-likeness (QED) is 0.802. The molecule has 2 nitrogen and oxygen atoms in total. The third kappa shape index (κ3) is 4.59. The molecule has 0 aliphatic rings. The fraction of sp³-hybridized carbons (Fsp3) is 0.533. The van der Waals surface area contributed by atoms with E-state index in [9.17, 15) is 4.79 Å². The second-order valence-corrected chi connectivity index (χ2v) is 5.01. The highest BCUT2D eigenvalue weighted by molar-refractivity contribution is 5.66. The summed E-state index contributed by atoms with van der Waals surface area (Å²) < 4.78 is 0. The molecule has 0 saturated carbocycles. The van der Waals surface area contributed by atoms with Gasteiger partial charge in [-0.15, -0.1) is 0 Å². The topological polar surface area (TPSA) is 37.3 Å². The molecular formula is C15H22O2. The van der Waals surface area contributed by atoms with Gasteiger partial charge in [0, 0.05) is 6.42 Å². The highest BCUT2D eigenvalue weighted by Crippen LogP contribution is 2.23. The summed E-state index contributed by atoms with van der Waals surface area (Å²) in [5, 5.41) is 8.59. The number of hydrogen-bond acceptors (Lipinski definition) is 1. The van der Waals surface area contributed by atoms with Crippen LogP contribution in [0.5, 0.6) is 0 Å². The number of rotatable bonds is 6. The van der Waals surface area contributed by atoms with E-state index in [1.807, 2.05) is 0 Å². The van der Waals surface area contributed by atoms with Crippen molar-refractivity contribution in [2.75, 3.05) is 0 Å². The number of carboxylic acids is 1. The van der Waals surface area contributed by atoms with Gasteiger partial charge in [-0.1, -0.05) is 45.0 Å². The van der Waals surface area contributed by atoms with Crippen LogP contribution in [-0.4, -0.2) is 11.1 Å². The molecule has 0 aromatic heterocycles. The molecule has 0 aliphatic carbocycles. The Kier molecular flexibility index (Phi) is 5.20. The maximum Gasteiger partial charge on any atom is 0.303 e. The SMILES string of the molecule is CC(C)c1ccc(C(C)CCCC(=O)O)cc1. The lowest BCUT2D eigenvalue weighted by molar-refractivity contribution is -0.137. The van der Waals surface area contributed by atoms with Crippen LogP contribution in [0.1, 0.15) is 63.0 Å². The van der Waals surface area contributed by atoms with Gasteiger partial charge in [-0.3, -0.25) is 4.79 Å². The molecule has 1 rings (SSSR count). The summed E-state index contributed by atoms with van der Waals surface area (Å²) in [4.78, 5) is 10.4. The first-order valence-electron chi connectivity index (χ1n) is 6.32. The molecule has 0 heterocycles. The molecule has 0 aliphatic heterocycles. The van der Waals surface area contributed by atoms with Crippen molar-refractivity contribution >= 4 is 5.97 Å². The molecule has 0 fully saturated rings. The standard InChI is InChI=1S/C15H22O2/c1-11(2)13-7-9-14(10-8-13)12(3)5-4-6-15(16)17/h7-12H,4-6H2,1-3H3,(H,16,17). The highest BCUT2D eigenvalue weighted by Gasteiger charge is 2.07. The second kappa shape index (κ2) is 6.43. The lowest BCUT2D eigenvalue weighted by atomic mass is 9.93. The molecule has 1 atom stereocenters. The molecule has 0 bridgehead atoms. The van der Waals surface area contributed by atoms with E-state index in [4.69, 9.17) is 5.11 Å². The maximum absolute atomic E-state index is 10.4. The third-order valence-corrected chi connectivity index (χ3v) is 3.20. The minimum atomic E-state index is -0.702. The molecule has 1 N–H and O–H groups in total. The zero-order chi connectivity index (χ0) is 12.8. The Morgan fingerprint density at radius 3 is 2.12 bits per heavy atom. The first kappa shape index (κ1) is 13.8. The molecule has 0 radical (unpaired) electrons. The molecular weight excluding hydrogens is 212 g/mol. The van der Waals surface area contributed by atoms with Crippen LogP contribution in [-0.2, 0) is 4.79 Å². The molecule has 17 heavy (non-hydrogen) atoms. The average molecular weight is 234 g/mol. The lowest BCUT2D eigenvalue weighted by Crippen LogP contribution is -1.98. The smallest absolute Gasteiger partial charge is 0.303 e. The summed E-state index contributed by atoms with van der Waals surface area (Å²) in [6.07, 6.45) is 1.96. The second-order valence-electron chi connectivity index (χ2n) is 5.01. The molecule has 1 unspecified atom stereocenters. The van der Waals surface area contributed by atoms with E-state index < -0.39 is 5.97 Å². The number of carboxylic acid groups (broad SMARTS) is 1. The van der Waals surface area contributed by atoms with Crippen LogP contribution >= 0.6 is 0 Å². The first-order valence-corrected chi connectivity index (χ1v) is 6.32. The van der Waals surface area contributed by atoms with E-state index in [1.165, 1.54) is 11.1 Å². The molecule has 0 saturated heterocycles. The van der Waals surface area contributed by atoms with Gasteiger partial charge in [-0.2, -0.15) is 0 Å². The molecule has 1 aromatic carbocycles. The van der Waals surface area contributed by atoms with Crippen molar-refractivity contribution in [1.29, 1.82) is 0 Å². The highest BCUT2D eigenvalue weighted by atomic mass is 16.4. The van der Waals surface area contributed by atoms with E-state index >= 15 is 0 Å². The van der Waals surface area contributed by atoms with Crippen molar-refractivity contribution in [3.05, 3.63) is 35.4 Å². The number of benzene rings is 1. The third-order valence-electron chi connectivity index (χ3n) is 3.20. The van der Waals surface area contributed by atoms with Crippen molar-refractivity contribution in [1.82, 2.24) is 0 Å². The normalized spacial score (nSPS) is 12.7. The van der Waals surface area contributed by atoms with E-state index in [0.717, 1.165) is 12.8 Å². The summed E-state index contributed by atoms with van der Waals surface area (Å²) in [5.41, 5.74) is 2.66. The average Bonchev–Trinajstić information content (AvgIpc) is 2.28. The molecule has 0 spiro atoms. The van der Waals surface area contributed by atoms with Crippen molar-refractivity contribution in [3.8, 4) is 0 Å². The van der Waals surface area contributed by atoms with Gasteiger partial charge in [0.1, 0.15) is 0 Å². The number of aliphatic carboxylic acids is 1. The Bertz CT molecular complexity index is 352. The van der Waals surface area contributed by atoms with E-state index in [2.05, 4.69) is 45.0 Å². The van der Waals surface area contributed by atoms with E-state index in [-0.39, 0.29) is 6.42 Å². The van der Waals surface area contributed by atoms with Crippen LogP contribution in [0.4, 0.5) is 0 Å². The summed E-state index contributed by atoms with van der Waals surface area (Å²) >= 11 is 0. The predicted octanol–water partition coefficient (Wildman–Crippen LogP) is 4.17. The van der Waals surface area contributed by atoms with Crippen LogP contribution in [0, 0.1) is 0 Å². The van der Waals surface area contributed by atoms with E-state index in [1.54, 1.807) is 0 Å². The summed E-state index contributed by atoms with van der Waals surface area (Å²) in [7, 11) is 0. The first-order chi connectivity index (χ1) is 8.00. The van der Waals surface area contributed by atoms with Crippen LogP contribution in [0.15, 0.2) is 24.3 Å². The van der Waals surface area contributed by atoms with Gasteiger partial charge in [0.15, 0.2) is 0 Å². The predicted molar refractivity (Wildman–Crippen MR) is 70.4 cm³/mol. The summed E-state index contributed by atoms with van der Waals surface area (Å²) in [6.45, 7) is 6.53. The molecule has 94 valence electrons. The maximum atomic E-state index is 10.4. The Hall–Kier alpha value is -1.31. The largest absolute Gasteiger partial charge is 0.481 e. The van der Waals surface area contributed by atoms with Crippen LogP contribution in [0.2, 0.25) is 0 Å². The monoisotopic (exact) mass is 234 g/mol. The molecule has 2 heteroatoms. The number of hydrogen-bond donors (Lipinski definition) is 1. The minimum absolute atomic E-state index is 0.272. The van der Waals surface area contributed by atoms with Gasteiger partial charge in [0.05, 0.1) is 0 Å². The zero-order valence-electron chi connectivity index (χ0n) is 10.9. The number of carbonyl (C=O) groups is 1. The summed E-state index contributed by atoms with van der Waals surface area (Å²) in [5.74, 6) is 0.300. The van der Waals surface area contributed by atoms with Gasteiger partial charge >= 0.3 is 5.97 Å². The van der Waals surface area contributed by atoms with Crippen molar-refractivity contribution in [2.24, 2.45) is 0 Å². The van der Waals surface area contributed by atoms with Gasteiger partial charge in [-0.05, 0) is 35.8 Å². The van der Waals surface area contributed by atoms with Crippen molar-refractivity contribution in [3.63, 3.8) is 0 Å². The van der Waals surface area contributed by atoms with Crippen molar-refractivity contribution < 1.29 is 9.90 Å². The van der Waals surface area contributed by atoms with Gasteiger partial charge < -0.3 is 5.11 Å². The van der Waals surface area contributed by atoms with Crippen molar-refractivity contribution in [2.45, 2.75) is 51.9 Å². The fourth-order valence-corrected chi connectivity index (χ4v) is 1.94. The van der Waals surface area contributed by atoms with E-state index in [0.29, 0.717) is 11.8 Å². The van der Waals surface area contributed by atoms with Gasteiger partial charge in [0.2, 0.25) is 0 Å².